The summed E-state index contributed by atoms with van der Waals surface area (Å²) in [6.07, 6.45) is 5.08. The molecule has 0 radical (unpaired) electrons. The number of aromatic nitrogens is 4. The van der Waals surface area contributed by atoms with Gasteiger partial charge in [0.1, 0.15) is 24.8 Å². The van der Waals surface area contributed by atoms with Crippen molar-refractivity contribution in [1.29, 1.82) is 0 Å². The lowest BCUT2D eigenvalue weighted by Crippen LogP contribution is -2.38. The molecule has 1 aromatic carbocycles. The highest BCUT2D eigenvalue weighted by Gasteiger charge is 2.18. The zero-order chi connectivity index (χ0) is 23.0. The molecule has 1 N–H and O–H groups in total. The Balaban J connectivity index is 1.31. The highest BCUT2D eigenvalue weighted by Crippen LogP contribution is 2.20. The van der Waals surface area contributed by atoms with Crippen LogP contribution in [0.1, 0.15) is 32.2 Å². The van der Waals surface area contributed by atoms with Gasteiger partial charge in [0.25, 0.3) is 5.56 Å². The molecule has 172 valence electrons. The quantitative estimate of drug-likeness (QED) is 0.528. The van der Waals surface area contributed by atoms with Gasteiger partial charge in [-0.05, 0) is 32.3 Å². The Morgan fingerprint density at radius 3 is 2.67 bits per heavy atom. The molecule has 0 aliphatic carbocycles. The van der Waals surface area contributed by atoms with Crippen LogP contribution in [0, 0.1) is 0 Å². The van der Waals surface area contributed by atoms with Crippen molar-refractivity contribution in [3.8, 4) is 17.1 Å². The van der Waals surface area contributed by atoms with E-state index in [2.05, 4.69) is 25.3 Å². The minimum Gasteiger partial charge on any atom is -0.476 e. The van der Waals surface area contributed by atoms with Gasteiger partial charge in [-0.3, -0.25) is 9.59 Å². The first kappa shape index (κ1) is 22.4. The number of nitrogens with zero attached hydrogens (tertiary/aromatic N) is 5. The van der Waals surface area contributed by atoms with Crippen LogP contribution in [-0.2, 0) is 4.79 Å². The Labute approximate surface area is 192 Å². The predicted molar refractivity (Wildman–Crippen MR) is 125 cm³/mol. The average molecular weight is 449 g/mol. The van der Waals surface area contributed by atoms with E-state index >= 15 is 0 Å². The fourth-order valence-electron chi connectivity index (χ4n) is 3.76. The highest BCUT2D eigenvalue weighted by molar-refractivity contribution is 5.79. The van der Waals surface area contributed by atoms with Crippen molar-refractivity contribution in [2.75, 3.05) is 31.1 Å². The molecule has 0 bridgehead atoms. The first-order valence-corrected chi connectivity index (χ1v) is 11.2. The van der Waals surface area contributed by atoms with E-state index < -0.39 is 6.04 Å². The Kier molecular flexibility index (Phi) is 7.29. The third-order valence-electron chi connectivity index (χ3n) is 5.60. The summed E-state index contributed by atoms with van der Waals surface area (Å²) in [7, 11) is 0. The molecule has 33 heavy (non-hydrogen) atoms. The van der Waals surface area contributed by atoms with Crippen molar-refractivity contribution in [3.63, 3.8) is 0 Å². The summed E-state index contributed by atoms with van der Waals surface area (Å²) >= 11 is 0. The van der Waals surface area contributed by atoms with Gasteiger partial charge in [0, 0.05) is 30.8 Å². The summed E-state index contributed by atoms with van der Waals surface area (Å²) in [5, 5.41) is 7.18. The molecule has 9 heteroatoms. The Hall–Kier alpha value is -3.75. The lowest BCUT2D eigenvalue weighted by Gasteiger charge is -2.27. The number of benzene rings is 1. The maximum Gasteiger partial charge on any atom is 0.267 e. The number of hydrogen-bond acceptors (Lipinski definition) is 7. The first-order chi connectivity index (χ1) is 16.1. The molecule has 1 atom stereocenters. The summed E-state index contributed by atoms with van der Waals surface area (Å²) in [6.45, 7) is 4.15. The van der Waals surface area contributed by atoms with Crippen molar-refractivity contribution in [3.05, 3.63) is 65.2 Å². The second kappa shape index (κ2) is 10.7. The van der Waals surface area contributed by atoms with Crippen LogP contribution in [0.5, 0.6) is 5.88 Å². The first-order valence-electron chi connectivity index (χ1n) is 11.2. The van der Waals surface area contributed by atoms with Gasteiger partial charge in [0.15, 0.2) is 0 Å². The number of rotatable bonds is 8. The lowest BCUT2D eigenvalue weighted by molar-refractivity contribution is -0.124. The van der Waals surface area contributed by atoms with E-state index in [1.165, 1.54) is 23.5 Å². The van der Waals surface area contributed by atoms with Crippen LogP contribution in [0.15, 0.2) is 59.7 Å². The summed E-state index contributed by atoms with van der Waals surface area (Å²) in [4.78, 5) is 35.6. The number of amides is 1. The zero-order valence-electron chi connectivity index (χ0n) is 18.7. The summed E-state index contributed by atoms with van der Waals surface area (Å²) < 4.78 is 6.90. The van der Waals surface area contributed by atoms with Crippen molar-refractivity contribution >= 4 is 11.7 Å². The molecule has 3 aromatic rings. The minimum absolute atomic E-state index is 0.251. The second-order valence-electron chi connectivity index (χ2n) is 7.95. The lowest BCUT2D eigenvalue weighted by atomic mass is 10.1. The van der Waals surface area contributed by atoms with Crippen LogP contribution in [0.3, 0.4) is 0 Å². The molecule has 0 spiro atoms. The van der Waals surface area contributed by atoms with E-state index in [9.17, 15) is 9.59 Å². The predicted octanol–water partition coefficient (Wildman–Crippen LogP) is 2.45. The summed E-state index contributed by atoms with van der Waals surface area (Å²) in [5.41, 5.74) is 1.17. The van der Waals surface area contributed by atoms with Crippen LogP contribution < -0.4 is 20.5 Å². The molecular weight excluding hydrogens is 420 g/mol. The molecule has 1 saturated heterocycles. The maximum atomic E-state index is 12.6. The van der Waals surface area contributed by atoms with E-state index in [0.29, 0.717) is 11.6 Å². The van der Waals surface area contributed by atoms with Gasteiger partial charge in [-0.15, -0.1) is 0 Å². The average Bonchev–Trinajstić information content (AvgIpc) is 2.87. The van der Waals surface area contributed by atoms with Gasteiger partial charge < -0.3 is 15.0 Å². The molecule has 1 aliphatic rings. The number of anilines is 1. The van der Waals surface area contributed by atoms with Gasteiger partial charge in [-0.2, -0.15) is 5.10 Å². The van der Waals surface area contributed by atoms with E-state index in [-0.39, 0.29) is 24.6 Å². The molecule has 9 nitrogen and oxygen atoms in total. The van der Waals surface area contributed by atoms with Crippen molar-refractivity contribution < 1.29 is 9.53 Å². The Morgan fingerprint density at radius 2 is 1.88 bits per heavy atom. The fourth-order valence-corrected chi connectivity index (χ4v) is 3.76. The molecule has 2 aromatic heterocycles. The van der Waals surface area contributed by atoms with Gasteiger partial charge in [0.2, 0.25) is 11.8 Å². The number of nitrogens with one attached hydrogen (secondary N) is 1. The van der Waals surface area contributed by atoms with E-state index in [1.807, 2.05) is 36.4 Å². The van der Waals surface area contributed by atoms with E-state index in [0.717, 1.165) is 37.3 Å². The second-order valence-corrected chi connectivity index (χ2v) is 7.95. The maximum absolute atomic E-state index is 12.6. The van der Waals surface area contributed by atoms with Crippen molar-refractivity contribution in [2.24, 2.45) is 0 Å². The standard InChI is InChI=1S/C24H28N6O3/c1-18(30-23(31)11-10-20(28-30)19-8-4-2-5-9-19)24(32)25-12-15-33-22-16-21(26-17-27-22)29-13-6-3-7-14-29/h2,4-5,8-11,16-18H,3,6-7,12-15H2,1H3,(H,25,32)/t18-/m0/s1. The van der Waals surface area contributed by atoms with Gasteiger partial charge in [0.05, 0.1) is 12.2 Å². The number of ether oxygens (including phenoxy) is 1. The van der Waals surface area contributed by atoms with Crippen LogP contribution in [-0.4, -0.2) is 51.9 Å². The van der Waals surface area contributed by atoms with Crippen LogP contribution >= 0.6 is 0 Å². The molecule has 4 rings (SSSR count). The third-order valence-corrected chi connectivity index (χ3v) is 5.60. The molecule has 1 aliphatic heterocycles. The van der Waals surface area contributed by atoms with Crippen molar-refractivity contribution in [1.82, 2.24) is 25.1 Å². The molecular formula is C24H28N6O3. The largest absolute Gasteiger partial charge is 0.476 e. The molecule has 3 heterocycles. The number of carbonyl (C=O) groups is 1. The fraction of sp³-hybridized carbons (Fsp3) is 0.375. The topological polar surface area (TPSA) is 102 Å². The molecule has 0 unspecified atom stereocenters. The highest BCUT2D eigenvalue weighted by atomic mass is 16.5. The number of hydrogen-bond donors (Lipinski definition) is 1. The SMILES string of the molecule is C[C@@H](C(=O)NCCOc1cc(N2CCCCC2)ncn1)n1nc(-c2ccccc2)ccc1=O. The Morgan fingerprint density at radius 1 is 1.09 bits per heavy atom. The van der Waals surface area contributed by atoms with E-state index in [4.69, 9.17) is 4.74 Å². The van der Waals surface area contributed by atoms with Gasteiger partial charge >= 0.3 is 0 Å². The normalized spacial score (nSPS) is 14.5. The van der Waals surface area contributed by atoms with Crippen LogP contribution in [0.25, 0.3) is 11.3 Å². The monoisotopic (exact) mass is 448 g/mol. The van der Waals surface area contributed by atoms with Crippen molar-refractivity contribution in [2.45, 2.75) is 32.2 Å². The van der Waals surface area contributed by atoms with E-state index in [1.54, 1.807) is 13.0 Å². The van der Waals surface area contributed by atoms with Crippen LogP contribution in [0.2, 0.25) is 0 Å². The smallest absolute Gasteiger partial charge is 0.267 e. The zero-order valence-corrected chi connectivity index (χ0v) is 18.7. The summed E-state index contributed by atoms with van der Waals surface area (Å²) in [5.74, 6) is 1.03. The van der Waals surface area contributed by atoms with Crippen LogP contribution in [0.4, 0.5) is 5.82 Å². The van der Waals surface area contributed by atoms with Gasteiger partial charge in [-0.25, -0.2) is 14.6 Å². The number of piperidine rings is 1. The van der Waals surface area contributed by atoms with Gasteiger partial charge in [-0.1, -0.05) is 30.3 Å². The molecule has 0 saturated carbocycles. The molecule has 1 fully saturated rings. The minimum atomic E-state index is -0.758. The molecule has 1 amide bonds. The number of carbonyl (C=O) groups excluding carboxylic acids is 1. The third kappa shape index (κ3) is 5.74. The Bertz CT molecular complexity index is 1130. The summed E-state index contributed by atoms with van der Waals surface area (Å²) in [6, 6.07) is 13.7.